The van der Waals surface area contributed by atoms with E-state index in [4.69, 9.17) is 86.0 Å². The van der Waals surface area contributed by atoms with E-state index in [1.165, 1.54) is 35.7 Å². The van der Waals surface area contributed by atoms with E-state index >= 15 is 0 Å². The zero-order valence-electron chi connectivity index (χ0n) is 27.8. The lowest BCUT2D eigenvalue weighted by atomic mass is 10.2. The van der Waals surface area contributed by atoms with Gasteiger partial charge in [-0.2, -0.15) is 10.4 Å². The summed E-state index contributed by atoms with van der Waals surface area (Å²) >= 11 is 34.6. The lowest BCUT2D eigenvalue weighted by Gasteiger charge is -2.03. The SMILES string of the molecule is C#CC(=O)OC(C)C.CC(C)OC(=O)/C=C\n1cnc(-c2ccc(Cl)c(Cl)c2)n1.Clc1ccc(-c2ncn[nH]2)cc1Cl.N#Cc1ccc(Cl)c(Cl)c1. The van der Waals surface area contributed by atoms with Crippen molar-refractivity contribution in [1.82, 2.24) is 29.9 Å². The lowest BCUT2D eigenvalue weighted by Crippen LogP contribution is -2.08. The maximum Gasteiger partial charge on any atom is 0.384 e. The van der Waals surface area contributed by atoms with Crippen molar-refractivity contribution >= 4 is 87.7 Å². The van der Waals surface area contributed by atoms with Gasteiger partial charge in [0.25, 0.3) is 0 Å². The van der Waals surface area contributed by atoms with Gasteiger partial charge in [-0.3, -0.25) is 5.10 Å². The van der Waals surface area contributed by atoms with Gasteiger partial charge in [-0.1, -0.05) is 69.6 Å². The number of esters is 2. The van der Waals surface area contributed by atoms with E-state index in [-0.39, 0.29) is 12.2 Å². The molecular weight excluding hydrogens is 795 g/mol. The van der Waals surface area contributed by atoms with Crippen LogP contribution in [-0.2, 0) is 19.1 Å². The standard InChI is InChI=1S/C14H13Cl2N3O2.C8H5Cl2N3.C7H3Cl2N.C6H8O2/c1-9(2)21-13(20)5-6-19-8-17-14(18-19)10-3-4-11(15)12(16)7-10;9-6-2-1-5(3-7(6)10)8-11-4-12-13-8;8-6-2-1-5(4-10)3-7(6)9;1-4-6(7)8-5(2)3/h3-9H,1-2H3;1-4H,(H,11,12,13);1-3H;1,5H,2-3H3/b6-5-;;;. The zero-order chi connectivity index (χ0) is 38.8. The van der Waals surface area contributed by atoms with Crippen molar-refractivity contribution in [2.45, 2.75) is 39.9 Å². The Balaban J connectivity index is 0.000000259. The fourth-order valence-corrected chi connectivity index (χ4v) is 4.22. The van der Waals surface area contributed by atoms with Crippen LogP contribution in [-0.4, -0.2) is 54.1 Å². The number of nitrogens with one attached hydrogen (secondary N) is 1. The van der Waals surface area contributed by atoms with Gasteiger partial charge in [0.2, 0.25) is 0 Å². The number of carbonyl (C=O) groups is 2. The van der Waals surface area contributed by atoms with Crippen LogP contribution in [0.3, 0.4) is 0 Å². The third-order valence-corrected chi connectivity index (χ3v) is 7.74. The summed E-state index contributed by atoms with van der Waals surface area (Å²) in [7, 11) is 0. The van der Waals surface area contributed by atoms with Crippen LogP contribution in [0.25, 0.3) is 29.0 Å². The van der Waals surface area contributed by atoms with E-state index in [0.717, 1.165) is 11.1 Å². The molecule has 0 unspecified atom stereocenters. The number of H-pyrrole nitrogens is 1. The van der Waals surface area contributed by atoms with Gasteiger partial charge in [0.05, 0.1) is 54.0 Å². The molecule has 52 heavy (non-hydrogen) atoms. The molecule has 0 aliphatic heterocycles. The van der Waals surface area contributed by atoms with Gasteiger partial charge in [0.1, 0.15) is 12.7 Å². The summed E-state index contributed by atoms with van der Waals surface area (Å²) < 4.78 is 10.9. The Morgan fingerprint density at radius 1 is 0.808 bits per heavy atom. The predicted octanol–water partition coefficient (Wildman–Crippen LogP) is 9.89. The van der Waals surface area contributed by atoms with Crippen molar-refractivity contribution in [2.24, 2.45) is 0 Å². The second-order valence-electron chi connectivity index (χ2n) is 10.3. The van der Waals surface area contributed by atoms with Crippen LogP contribution in [0.1, 0.15) is 33.3 Å². The Morgan fingerprint density at radius 2 is 1.37 bits per heavy atom. The van der Waals surface area contributed by atoms with Crippen LogP contribution in [0.2, 0.25) is 30.1 Å². The highest BCUT2D eigenvalue weighted by Gasteiger charge is 2.07. The maximum absolute atomic E-state index is 11.4. The summed E-state index contributed by atoms with van der Waals surface area (Å²) in [5, 5.41) is 21.9. The largest absolute Gasteiger partial charge is 0.460 e. The third kappa shape index (κ3) is 15.7. The first-order chi connectivity index (χ1) is 24.6. The monoisotopic (exact) mass is 821 g/mol. The van der Waals surface area contributed by atoms with Crippen molar-refractivity contribution in [1.29, 1.82) is 5.26 Å². The number of carbonyl (C=O) groups excluding carboxylic acids is 2. The van der Waals surface area contributed by atoms with Crippen LogP contribution >= 0.6 is 69.6 Å². The Kier molecular flexibility index (Phi) is 18.7. The number of nitrogens with zero attached hydrogens (tertiary/aromatic N) is 6. The topological polar surface area (TPSA) is 149 Å². The second kappa shape index (κ2) is 22.4. The highest BCUT2D eigenvalue weighted by molar-refractivity contribution is 6.43. The number of hydrogen-bond donors (Lipinski definition) is 1. The van der Waals surface area contributed by atoms with Crippen LogP contribution in [0.4, 0.5) is 0 Å². The van der Waals surface area contributed by atoms with Crippen LogP contribution in [0, 0.1) is 23.7 Å². The van der Waals surface area contributed by atoms with E-state index in [2.05, 4.69) is 30.0 Å². The summed E-state index contributed by atoms with van der Waals surface area (Å²) in [5.41, 5.74) is 2.13. The van der Waals surface area contributed by atoms with Gasteiger partial charge in [-0.05, 0) is 82.3 Å². The normalized spacial score (nSPS) is 10.1. The highest BCUT2D eigenvalue weighted by atomic mass is 35.5. The van der Waals surface area contributed by atoms with Gasteiger partial charge in [-0.15, -0.1) is 11.5 Å². The van der Waals surface area contributed by atoms with Gasteiger partial charge in [0.15, 0.2) is 11.6 Å². The first-order valence-electron chi connectivity index (χ1n) is 14.7. The van der Waals surface area contributed by atoms with Gasteiger partial charge in [-0.25, -0.2) is 24.2 Å². The molecule has 5 aromatic rings. The van der Waals surface area contributed by atoms with Crippen molar-refractivity contribution in [2.75, 3.05) is 0 Å². The highest BCUT2D eigenvalue weighted by Crippen LogP contribution is 2.27. The van der Waals surface area contributed by atoms with Crippen molar-refractivity contribution in [3.05, 3.63) is 109 Å². The molecule has 0 atom stereocenters. The fraction of sp³-hybridized carbons (Fsp3) is 0.171. The van der Waals surface area contributed by atoms with E-state index < -0.39 is 11.9 Å². The molecular formula is C35H29Cl6N7O4. The van der Waals surface area contributed by atoms with Gasteiger partial charge >= 0.3 is 11.9 Å². The molecule has 0 amide bonds. The molecule has 11 nitrogen and oxygen atoms in total. The smallest absolute Gasteiger partial charge is 0.384 e. The number of aromatic amines is 1. The molecule has 17 heteroatoms. The van der Waals surface area contributed by atoms with Crippen LogP contribution < -0.4 is 0 Å². The Hall–Kier alpha value is -4.59. The minimum Gasteiger partial charge on any atom is -0.460 e. The molecule has 0 spiro atoms. The van der Waals surface area contributed by atoms with Crippen molar-refractivity contribution < 1.29 is 19.1 Å². The third-order valence-electron chi connectivity index (χ3n) is 5.52. The van der Waals surface area contributed by atoms with E-state index in [1.807, 2.05) is 18.1 Å². The molecule has 0 aliphatic rings. The van der Waals surface area contributed by atoms with Crippen LogP contribution in [0.15, 0.2) is 73.3 Å². The number of rotatable bonds is 6. The first kappa shape index (κ1) is 43.6. The minimum absolute atomic E-state index is 0.112. The summed E-state index contributed by atoms with van der Waals surface area (Å²) in [6.07, 6.45) is 10.1. The average molecular weight is 824 g/mol. The number of hydrogen-bond acceptors (Lipinski definition) is 9. The van der Waals surface area contributed by atoms with E-state index in [9.17, 15) is 9.59 Å². The quantitative estimate of drug-likeness (QED) is 0.0764. The fourth-order valence-electron chi connectivity index (χ4n) is 3.32. The summed E-state index contributed by atoms with van der Waals surface area (Å²) in [6.45, 7) is 7.05. The summed E-state index contributed by atoms with van der Waals surface area (Å²) in [5.74, 6) is 1.97. The van der Waals surface area contributed by atoms with Gasteiger partial charge < -0.3 is 9.47 Å². The maximum atomic E-state index is 11.4. The molecule has 0 aliphatic carbocycles. The molecule has 5 rings (SSSR count). The molecule has 0 bridgehead atoms. The molecule has 1 N–H and O–H groups in total. The number of nitriles is 1. The van der Waals surface area contributed by atoms with Crippen LogP contribution in [0.5, 0.6) is 0 Å². The number of ether oxygens (including phenoxy) is 2. The Bertz CT molecular complexity index is 2050. The molecule has 270 valence electrons. The first-order valence-corrected chi connectivity index (χ1v) is 17.0. The van der Waals surface area contributed by atoms with Gasteiger partial charge in [0, 0.05) is 29.3 Å². The predicted molar refractivity (Wildman–Crippen MR) is 205 cm³/mol. The van der Waals surface area contributed by atoms with Crippen molar-refractivity contribution in [3.8, 4) is 41.2 Å². The van der Waals surface area contributed by atoms with Crippen molar-refractivity contribution in [3.63, 3.8) is 0 Å². The Morgan fingerprint density at radius 3 is 1.85 bits per heavy atom. The number of aromatic nitrogens is 6. The molecule has 0 fully saturated rings. The molecule has 2 heterocycles. The van der Waals surface area contributed by atoms with E-state index in [0.29, 0.717) is 47.3 Å². The summed E-state index contributed by atoms with van der Waals surface area (Å²) in [4.78, 5) is 29.7. The molecule has 3 aromatic carbocycles. The molecule has 0 saturated carbocycles. The molecule has 0 radical (unpaired) electrons. The molecule has 0 saturated heterocycles. The number of halogens is 6. The minimum atomic E-state index is -0.597. The molecule has 2 aromatic heterocycles. The lowest BCUT2D eigenvalue weighted by molar-refractivity contribution is -0.141. The summed E-state index contributed by atoms with van der Waals surface area (Å²) in [6, 6.07) is 17.1. The Labute approximate surface area is 330 Å². The number of terminal acetylenes is 1. The van der Waals surface area contributed by atoms with E-state index in [1.54, 1.807) is 70.2 Å². The average Bonchev–Trinajstić information content (AvgIpc) is 3.81. The number of benzene rings is 3. The second-order valence-corrected chi connectivity index (χ2v) is 12.7. The zero-order valence-corrected chi connectivity index (χ0v) is 32.4.